The van der Waals surface area contributed by atoms with E-state index >= 15 is 0 Å². The van der Waals surface area contributed by atoms with Crippen LogP contribution in [0.5, 0.6) is 0 Å². The van der Waals surface area contributed by atoms with Crippen LogP contribution in [0.4, 0.5) is 5.82 Å². The van der Waals surface area contributed by atoms with Crippen molar-refractivity contribution in [2.45, 2.75) is 31.8 Å². The molecule has 0 spiro atoms. The van der Waals surface area contributed by atoms with E-state index < -0.39 is 0 Å². The first-order valence-corrected chi connectivity index (χ1v) is 7.49. The normalized spacial score (nSPS) is 18.3. The average molecular weight is 283 g/mol. The minimum absolute atomic E-state index is 0.450. The number of piperidine rings is 1. The predicted molar refractivity (Wildman–Crippen MR) is 82.9 cm³/mol. The molecular weight excluding hydrogens is 262 g/mol. The third-order valence-electron chi connectivity index (χ3n) is 4.18. The van der Waals surface area contributed by atoms with Crippen molar-refractivity contribution in [2.75, 3.05) is 18.4 Å². The van der Waals surface area contributed by atoms with Crippen LogP contribution in [0.1, 0.15) is 31.4 Å². The van der Waals surface area contributed by atoms with E-state index in [1.165, 1.54) is 5.56 Å². The zero-order valence-corrected chi connectivity index (χ0v) is 12.3. The van der Waals surface area contributed by atoms with Crippen molar-refractivity contribution in [2.24, 2.45) is 0 Å². The van der Waals surface area contributed by atoms with Gasteiger partial charge >= 0.3 is 0 Å². The third-order valence-corrected chi connectivity index (χ3v) is 4.18. The summed E-state index contributed by atoms with van der Waals surface area (Å²) in [6.45, 7) is 4.47. The summed E-state index contributed by atoms with van der Waals surface area (Å²) in [5, 5.41) is 3.47. The van der Waals surface area contributed by atoms with Crippen molar-refractivity contribution >= 4 is 5.82 Å². The highest BCUT2D eigenvalue weighted by Crippen LogP contribution is 2.24. The number of nitrogens with one attached hydrogen (secondary N) is 1. The molecule has 21 heavy (non-hydrogen) atoms. The fourth-order valence-corrected chi connectivity index (χ4v) is 2.87. The van der Waals surface area contributed by atoms with Gasteiger partial charge in [0.05, 0.1) is 6.20 Å². The van der Waals surface area contributed by atoms with Gasteiger partial charge in [0.1, 0.15) is 5.82 Å². The molecule has 1 unspecified atom stereocenters. The molecule has 2 aromatic heterocycles. The monoisotopic (exact) mass is 283 g/mol. The molecule has 0 aliphatic carbocycles. The van der Waals surface area contributed by atoms with Gasteiger partial charge in [-0.2, -0.15) is 0 Å². The van der Waals surface area contributed by atoms with E-state index in [9.17, 15) is 0 Å². The molecule has 1 saturated heterocycles. The molecule has 5 heteroatoms. The Morgan fingerprint density at radius 2 is 1.86 bits per heavy atom. The zero-order valence-electron chi connectivity index (χ0n) is 12.3. The van der Waals surface area contributed by atoms with Gasteiger partial charge in [-0.25, -0.2) is 4.98 Å². The number of anilines is 1. The second-order valence-corrected chi connectivity index (χ2v) is 5.50. The third kappa shape index (κ3) is 3.55. The lowest BCUT2D eigenvalue weighted by molar-refractivity contribution is 0.167. The molecule has 1 atom stereocenters. The van der Waals surface area contributed by atoms with E-state index in [1.807, 2.05) is 12.4 Å². The van der Waals surface area contributed by atoms with Gasteiger partial charge in [-0.15, -0.1) is 0 Å². The predicted octanol–water partition coefficient (Wildman–Crippen LogP) is 2.51. The van der Waals surface area contributed by atoms with E-state index in [1.54, 1.807) is 18.6 Å². The van der Waals surface area contributed by atoms with Gasteiger partial charge in [0.25, 0.3) is 0 Å². The van der Waals surface area contributed by atoms with Crippen LogP contribution in [-0.4, -0.2) is 39.0 Å². The molecule has 110 valence electrons. The molecule has 1 aliphatic rings. The molecule has 1 fully saturated rings. The largest absolute Gasteiger partial charge is 0.366 e. The summed E-state index contributed by atoms with van der Waals surface area (Å²) in [5.41, 5.74) is 1.34. The quantitative estimate of drug-likeness (QED) is 0.934. The summed E-state index contributed by atoms with van der Waals surface area (Å²) < 4.78 is 0. The molecule has 0 amide bonds. The van der Waals surface area contributed by atoms with Crippen LogP contribution in [0.2, 0.25) is 0 Å². The van der Waals surface area contributed by atoms with Crippen molar-refractivity contribution < 1.29 is 0 Å². The minimum Gasteiger partial charge on any atom is -0.366 e. The lowest BCUT2D eigenvalue weighted by atomic mass is 10.0. The first kappa shape index (κ1) is 13.9. The zero-order chi connectivity index (χ0) is 14.5. The van der Waals surface area contributed by atoms with Crippen LogP contribution in [-0.2, 0) is 0 Å². The molecule has 0 saturated carbocycles. The maximum absolute atomic E-state index is 4.28. The van der Waals surface area contributed by atoms with Gasteiger partial charge in [0.15, 0.2) is 0 Å². The Morgan fingerprint density at radius 3 is 2.52 bits per heavy atom. The van der Waals surface area contributed by atoms with Gasteiger partial charge in [-0.05, 0) is 37.5 Å². The molecule has 0 bridgehead atoms. The Hall–Kier alpha value is -2.01. The van der Waals surface area contributed by atoms with Crippen molar-refractivity contribution in [1.82, 2.24) is 19.9 Å². The Morgan fingerprint density at radius 1 is 1.10 bits per heavy atom. The van der Waals surface area contributed by atoms with Gasteiger partial charge in [0.2, 0.25) is 0 Å². The van der Waals surface area contributed by atoms with Crippen molar-refractivity contribution in [3.05, 3.63) is 48.7 Å². The lowest BCUT2D eigenvalue weighted by Crippen LogP contribution is -2.40. The first-order chi connectivity index (χ1) is 10.3. The van der Waals surface area contributed by atoms with E-state index in [0.717, 1.165) is 31.7 Å². The van der Waals surface area contributed by atoms with E-state index in [0.29, 0.717) is 12.1 Å². The van der Waals surface area contributed by atoms with Gasteiger partial charge in [0, 0.05) is 50.0 Å². The summed E-state index contributed by atoms with van der Waals surface area (Å²) in [6.07, 6.45) is 11.2. The van der Waals surface area contributed by atoms with Gasteiger partial charge < -0.3 is 5.32 Å². The maximum atomic E-state index is 4.28. The van der Waals surface area contributed by atoms with Crippen molar-refractivity contribution in [3.8, 4) is 0 Å². The summed E-state index contributed by atoms with van der Waals surface area (Å²) >= 11 is 0. The molecule has 1 N–H and O–H groups in total. The lowest BCUT2D eigenvalue weighted by Gasteiger charge is -2.36. The maximum Gasteiger partial charge on any atom is 0.144 e. The number of hydrogen-bond acceptors (Lipinski definition) is 5. The molecule has 1 aliphatic heterocycles. The second-order valence-electron chi connectivity index (χ2n) is 5.50. The van der Waals surface area contributed by atoms with Crippen LogP contribution in [0.15, 0.2) is 43.1 Å². The fraction of sp³-hybridized carbons (Fsp3) is 0.438. The Balaban J connectivity index is 1.53. The Bertz CT molecular complexity index is 537. The van der Waals surface area contributed by atoms with E-state index in [2.05, 4.69) is 44.2 Å². The molecular formula is C16H21N5. The number of hydrogen-bond donors (Lipinski definition) is 1. The minimum atomic E-state index is 0.450. The van der Waals surface area contributed by atoms with Gasteiger partial charge in [-0.3, -0.25) is 14.9 Å². The highest BCUT2D eigenvalue weighted by atomic mass is 15.2. The highest BCUT2D eigenvalue weighted by Gasteiger charge is 2.23. The molecule has 3 rings (SSSR count). The van der Waals surface area contributed by atoms with Crippen LogP contribution < -0.4 is 5.32 Å². The van der Waals surface area contributed by atoms with Gasteiger partial charge in [-0.1, -0.05) is 0 Å². The number of aromatic nitrogens is 3. The first-order valence-electron chi connectivity index (χ1n) is 7.49. The van der Waals surface area contributed by atoms with Crippen LogP contribution in [0, 0.1) is 0 Å². The van der Waals surface area contributed by atoms with Crippen LogP contribution in [0.3, 0.4) is 0 Å². The van der Waals surface area contributed by atoms with Crippen LogP contribution >= 0.6 is 0 Å². The Labute approximate surface area is 125 Å². The summed E-state index contributed by atoms with van der Waals surface area (Å²) in [7, 11) is 0. The summed E-state index contributed by atoms with van der Waals surface area (Å²) in [6, 6.07) is 5.15. The molecule has 2 aromatic rings. The molecule has 0 radical (unpaired) electrons. The summed E-state index contributed by atoms with van der Waals surface area (Å²) in [5.74, 6) is 0.873. The topological polar surface area (TPSA) is 53.9 Å². The number of likely N-dealkylation sites (tertiary alicyclic amines) is 1. The summed E-state index contributed by atoms with van der Waals surface area (Å²) in [4.78, 5) is 15.0. The van der Waals surface area contributed by atoms with E-state index in [-0.39, 0.29) is 0 Å². The van der Waals surface area contributed by atoms with Crippen molar-refractivity contribution in [3.63, 3.8) is 0 Å². The average Bonchev–Trinajstić information content (AvgIpc) is 2.57. The van der Waals surface area contributed by atoms with E-state index in [4.69, 9.17) is 0 Å². The molecule has 5 nitrogen and oxygen atoms in total. The molecule has 3 heterocycles. The SMILES string of the molecule is CC(c1ccncc1)N1CCC(Nc2cnccn2)CC1. The molecule has 0 aromatic carbocycles. The second kappa shape index (κ2) is 6.63. The number of rotatable bonds is 4. The van der Waals surface area contributed by atoms with Crippen molar-refractivity contribution in [1.29, 1.82) is 0 Å². The number of nitrogens with zero attached hydrogens (tertiary/aromatic N) is 4. The Kier molecular flexibility index (Phi) is 4.40. The highest BCUT2D eigenvalue weighted by molar-refractivity contribution is 5.31. The number of pyridine rings is 1. The standard InChI is InChI=1S/C16H21N5/c1-13(14-2-6-17-7-3-14)21-10-4-15(5-11-21)20-16-12-18-8-9-19-16/h2-3,6-9,12-13,15H,4-5,10-11H2,1H3,(H,19,20). The fourth-order valence-electron chi connectivity index (χ4n) is 2.87. The van der Waals surface area contributed by atoms with Crippen LogP contribution in [0.25, 0.3) is 0 Å². The smallest absolute Gasteiger partial charge is 0.144 e.